The quantitative estimate of drug-likeness (QED) is 0.0872. The van der Waals surface area contributed by atoms with E-state index >= 15 is 0 Å². The Labute approximate surface area is 290 Å². The Morgan fingerprint density at radius 1 is 0.857 bits per heavy atom. The molecule has 0 aliphatic carbocycles. The zero-order chi connectivity index (χ0) is 34.7. The monoisotopic (exact) mass is 724 g/mol. The molecule has 15 heteroatoms. The molecule has 0 saturated heterocycles. The highest BCUT2D eigenvalue weighted by Crippen LogP contribution is 2.44. The van der Waals surface area contributed by atoms with Gasteiger partial charge in [-0.05, 0) is 42.1 Å². The molecule has 0 unspecified atom stereocenters. The first-order valence-electron chi connectivity index (χ1n) is 14.8. The second-order valence-electron chi connectivity index (χ2n) is 10.3. The van der Waals surface area contributed by atoms with Crippen LogP contribution < -0.4 is 33.8 Å². The van der Waals surface area contributed by atoms with E-state index in [0.29, 0.717) is 56.9 Å². The highest BCUT2D eigenvalue weighted by molar-refractivity contribution is 8.00. The number of imidazole rings is 1. The summed E-state index contributed by atoms with van der Waals surface area (Å²) < 4.78 is 68.7. The number of hydrogen-bond acceptors (Lipinski definition) is 13. The maximum absolute atomic E-state index is 14.1. The standard InChI is InChI=1S/C34H32N2O10S3/c1-40-21-18-24(41-2)29-25(19-21)46-31(20-16-26(42-3)32(44-5)27(17-20)43-4)33(30(29)37)45-13-9-15-48-34-35-22-10-6-7-11-23(22)36(34)49(38,39)28-12-8-14-47-28/h6-8,10-12,14,16-19H,9,13,15H2,1-5H3. The van der Waals surface area contributed by atoms with Gasteiger partial charge in [0.25, 0.3) is 10.0 Å². The van der Waals surface area contributed by atoms with Gasteiger partial charge in [-0.25, -0.2) is 8.96 Å². The Morgan fingerprint density at radius 3 is 2.24 bits per heavy atom. The lowest BCUT2D eigenvalue weighted by molar-refractivity contribution is 0.309. The van der Waals surface area contributed by atoms with Gasteiger partial charge in [0.05, 0.1) is 53.2 Å². The van der Waals surface area contributed by atoms with Gasteiger partial charge < -0.3 is 32.8 Å². The van der Waals surface area contributed by atoms with Crippen molar-refractivity contribution in [3.63, 3.8) is 0 Å². The Kier molecular flexibility index (Phi) is 9.94. The highest BCUT2D eigenvalue weighted by atomic mass is 32.2. The molecule has 0 spiro atoms. The third-order valence-electron chi connectivity index (χ3n) is 7.52. The lowest BCUT2D eigenvalue weighted by Gasteiger charge is -2.17. The van der Waals surface area contributed by atoms with Gasteiger partial charge >= 0.3 is 0 Å². The number of para-hydroxylation sites is 2. The first-order chi connectivity index (χ1) is 23.7. The Hall–Kier alpha value is -4.86. The lowest BCUT2D eigenvalue weighted by atomic mass is 10.1. The second kappa shape index (κ2) is 14.3. The number of hydrogen-bond donors (Lipinski definition) is 0. The van der Waals surface area contributed by atoms with Gasteiger partial charge in [0.2, 0.25) is 16.9 Å². The molecular formula is C34H32N2O10S3. The molecule has 0 bridgehead atoms. The number of fused-ring (bicyclic) bond motifs is 2. The van der Waals surface area contributed by atoms with Crippen molar-refractivity contribution in [3.05, 3.63) is 76.3 Å². The second-order valence-corrected chi connectivity index (χ2v) is 14.4. The number of thioether (sulfide) groups is 1. The van der Waals surface area contributed by atoms with Gasteiger partial charge in [-0.3, -0.25) is 4.79 Å². The summed E-state index contributed by atoms with van der Waals surface area (Å²) in [6.45, 7) is 0.0943. The fourth-order valence-electron chi connectivity index (χ4n) is 5.26. The number of methoxy groups -OCH3 is 5. The number of benzene rings is 3. The molecule has 0 aliphatic rings. The molecule has 0 N–H and O–H groups in total. The first-order valence-corrected chi connectivity index (χ1v) is 18.1. The van der Waals surface area contributed by atoms with Gasteiger partial charge in [-0.2, -0.15) is 8.42 Å². The molecule has 0 amide bonds. The summed E-state index contributed by atoms with van der Waals surface area (Å²) in [6.07, 6.45) is 0.429. The molecule has 3 aromatic carbocycles. The Morgan fingerprint density at radius 2 is 1.59 bits per heavy atom. The van der Waals surface area contributed by atoms with Gasteiger partial charge in [0.15, 0.2) is 22.4 Å². The zero-order valence-corrected chi connectivity index (χ0v) is 29.6. The van der Waals surface area contributed by atoms with Gasteiger partial charge in [-0.1, -0.05) is 30.0 Å². The van der Waals surface area contributed by atoms with E-state index in [4.69, 9.17) is 32.8 Å². The summed E-state index contributed by atoms with van der Waals surface area (Å²) in [5.74, 6) is 2.27. The summed E-state index contributed by atoms with van der Waals surface area (Å²) in [6, 6.07) is 16.9. The van der Waals surface area contributed by atoms with Crippen LogP contribution in [0.4, 0.5) is 0 Å². The van der Waals surface area contributed by atoms with Crippen LogP contribution in [-0.4, -0.2) is 65.3 Å². The molecule has 0 saturated carbocycles. The third kappa shape index (κ3) is 6.36. The molecule has 0 fully saturated rings. The van der Waals surface area contributed by atoms with Crippen molar-refractivity contribution in [2.45, 2.75) is 15.8 Å². The molecule has 12 nitrogen and oxygen atoms in total. The van der Waals surface area contributed by atoms with Crippen molar-refractivity contribution in [1.29, 1.82) is 0 Å². The van der Waals surface area contributed by atoms with Crippen LogP contribution in [0.1, 0.15) is 6.42 Å². The number of aromatic nitrogens is 2. The van der Waals surface area contributed by atoms with E-state index in [1.54, 1.807) is 60.0 Å². The van der Waals surface area contributed by atoms with Crippen LogP contribution in [0.25, 0.3) is 33.3 Å². The molecule has 0 atom stereocenters. The van der Waals surface area contributed by atoms with Crippen LogP contribution >= 0.6 is 23.1 Å². The largest absolute Gasteiger partial charge is 0.496 e. The van der Waals surface area contributed by atoms with E-state index in [0.717, 1.165) is 11.3 Å². The SMILES string of the molecule is COc1cc(OC)c2c(=O)c(OCCCSc3nc4ccccc4n3S(=O)(=O)c3cccs3)c(-c3cc(OC)c(OC)c(OC)c3)oc2c1. The van der Waals surface area contributed by atoms with E-state index in [9.17, 15) is 13.2 Å². The molecule has 6 aromatic rings. The van der Waals surface area contributed by atoms with E-state index in [1.165, 1.54) is 51.3 Å². The molecule has 6 rings (SSSR count). The van der Waals surface area contributed by atoms with Gasteiger partial charge in [0.1, 0.15) is 26.7 Å². The van der Waals surface area contributed by atoms with Crippen molar-refractivity contribution in [1.82, 2.24) is 8.96 Å². The van der Waals surface area contributed by atoms with Crippen molar-refractivity contribution in [2.24, 2.45) is 0 Å². The molecule has 0 aliphatic heterocycles. The minimum Gasteiger partial charge on any atom is -0.496 e. The molecule has 256 valence electrons. The highest BCUT2D eigenvalue weighted by Gasteiger charge is 2.27. The maximum atomic E-state index is 14.1. The normalized spacial score (nSPS) is 11.5. The van der Waals surface area contributed by atoms with Crippen LogP contribution in [0.2, 0.25) is 0 Å². The number of thiophene rings is 1. The summed E-state index contributed by atoms with van der Waals surface area (Å²) in [5, 5.41) is 2.23. The number of nitrogens with zero attached hydrogens (tertiary/aromatic N) is 2. The molecule has 49 heavy (non-hydrogen) atoms. The Balaban J connectivity index is 1.34. The lowest BCUT2D eigenvalue weighted by Crippen LogP contribution is -2.14. The Bertz CT molecular complexity index is 2270. The van der Waals surface area contributed by atoms with Gasteiger partial charge in [0, 0.05) is 23.4 Å². The van der Waals surface area contributed by atoms with E-state index < -0.39 is 15.5 Å². The third-order valence-corrected chi connectivity index (χ3v) is 11.7. The van der Waals surface area contributed by atoms with Crippen LogP contribution in [0.5, 0.6) is 34.5 Å². The van der Waals surface area contributed by atoms with E-state index in [-0.39, 0.29) is 39.0 Å². The number of rotatable bonds is 14. The summed E-state index contributed by atoms with van der Waals surface area (Å²) in [7, 11) is 3.55. The van der Waals surface area contributed by atoms with E-state index in [1.807, 2.05) is 6.07 Å². The fraction of sp³-hybridized carbons (Fsp3) is 0.235. The molecule has 3 heterocycles. The van der Waals surface area contributed by atoms with Crippen LogP contribution in [-0.2, 0) is 10.0 Å². The van der Waals surface area contributed by atoms with Gasteiger partial charge in [-0.15, -0.1) is 11.3 Å². The predicted molar refractivity (Wildman–Crippen MR) is 188 cm³/mol. The predicted octanol–water partition coefficient (Wildman–Crippen LogP) is 6.71. The average Bonchev–Trinajstić information content (AvgIpc) is 3.80. The minimum atomic E-state index is -3.87. The summed E-state index contributed by atoms with van der Waals surface area (Å²) >= 11 is 2.42. The first kappa shape index (κ1) is 34.0. The summed E-state index contributed by atoms with van der Waals surface area (Å²) in [4.78, 5) is 18.7. The maximum Gasteiger partial charge on any atom is 0.279 e. The summed E-state index contributed by atoms with van der Waals surface area (Å²) in [5.41, 5.74) is 1.26. The smallest absolute Gasteiger partial charge is 0.279 e. The van der Waals surface area contributed by atoms with Crippen molar-refractivity contribution in [3.8, 4) is 45.8 Å². The van der Waals surface area contributed by atoms with Crippen LogP contribution in [0.3, 0.4) is 0 Å². The zero-order valence-electron chi connectivity index (χ0n) is 27.2. The average molecular weight is 725 g/mol. The molecule has 3 aromatic heterocycles. The van der Waals surface area contributed by atoms with Crippen molar-refractivity contribution < 1.29 is 41.3 Å². The molecular weight excluding hydrogens is 693 g/mol. The minimum absolute atomic E-state index is 0.0530. The van der Waals surface area contributed by atoms with Crippen molar-refractivity contribution >= 4 is 55.1 Å². The fourth-order valence-corrected chi connectivity index (χ4v) is 8.95. The molecule has 0 radical (unpaired) electrons. The van der Waals surface area contributed by atoms with Crippen LogP contribution in [0.15, 0.2) is 84.6 Å². The van der Waals surface area contributed by atoms with Crippen LogP contribution in [0, 0.1) is 0 Å². The number of ether oxygens (including phenoxy) is 6. The van der Waals surface area contributed by atoms with Crippen molar-refractivity contribution in [2.75, 3.05) is 47.9 Å². The topological polar surface area (TPSA) is 138 Å². The van der Waals surface area contributed by atoms with E-state index in [2.05, 4.69) is 4.98 Å².